The summed E-state index contributed by atoms with van der Waals surface area (Å²) in [5, 5.41) is 8.51. The molecule has 3 nitrogen and oxygen atoms in total. The molecule has 1 rings (SSSR count). The van der Waals surface area contributed by atoms with Crippen LogP contribution in [0.5, 0.6) is 5.88 Å². The van der Waals surface area contributed by atoms with Crippen LogP contribution < -0.4 is 4.74 Å². The van der Waals surface area contributed by atoms with E-state index in [0.29, 0.717) is 18.9 Å². The lowest BCUT2D eigenvalue weighted by atomic mass is 9.93. The SMILES string of the molecule is CC(C)(C)CCOc1ccc(CC#N)cn1. The fourth-order valence-corrected chi connectivity index (χ4v) is 1.15. The molecule has 0 aliphatic heterocycles. The first-order valence-corrected chi connectivity index (χ1v) is 5.46. The molecule has 1 heterocycles. The summed E-state index contributed by atoms with van der Waals surface area (Å²) in [6, 6.07) is 5.78. The summed E-state index contributed by atoms with van der Waals surface area (Å²) in [5.41, 5.74) is 1.20. The summed E-state index contributed by atoms with van der Waals surface area (Å²) in [6.07, 6.45) is 3.08. The first-order valence-electron chi connectivity index (χ1n) is 5.46. The number of aromatic nitrogens is 1. The quantitative estimate of drug-likeness (QED) is 0.780. The molecular weight excluding hydrogens is 200 g/mol. The molecule has 1 aromatic rings. The molecule has 0 unspecified atom stereocenters. The van der Waals surface area contributed by atoms with E-state index in [1.54, 1.807) is 6.20 Å². The van der Waals surface area contributed by atoms with Crippen molar-refractivity contribution in [1.29, 1.82) is 5.26 Å². The van der Waals surface area contributed by atoms with Gasteiger partial charge in [-0.25, -0.2) is 4.98 Å². The van der Waals surface area contributed by atoms with Gasteiger partial charge in [0.1, 0.15) is 0 Å². The molecule has 1 aromatic heterocycles. The maximum atomic E-state index is 8.51. The summed E-state index contributed by atoms with van der Waals surface area (Å²) in [6.45, 7) is 7.22. The lowest BCUT2D eigenvalue weighted by Crippen LogP contribution is -2.11. The third-order valence-electron chi connectivity index (χ3n) is 2.18. The van der Waals surface area contributed by atoms with Gasteiger partial charge in [-0.05, 0) is 17.4 Å². The van der Waals surface area contributed by atoms with Crippen molar-refractivity contribution >= 4 is 0 Å². The standard InChI is InChI=1S/C13H18N2O/c1-13(2,3)7-9-16-12-5-4-11(6-8-14)10-15-12/h4-5,10H,6-7,9H2,1-3H3. The second-order valence-corrected chi connectivity index (χ2v) is 5.00. The molecule has 0 amide bonds. The molecule has 0 spiro atoms. The van der Waals surface area contributed by atoms with Crippen LogP contribution in [0.4, 0.5) is 0 Å². The van der Waals surface area contributed by atoms with E-state index < -0.39 is 0 Å². The Hall–Kier alpha value is -1.56. The van der Waals surface area contributed by atoms with Crippen molar-refractivity contribution in [3.05, 3.63) is 23.9 Å². The predicted molar refractivity (Wildman–Crippen MR) is 63.1 cm³/mol. The first-order chi connectivity index (χ1) is 7.51. The Labute approximate surface area is 97.1 Å². The third-order valence-corrected chi connectivity index (χ3v) is 2.18. The van der Waals surface area contributed by atoms with E-state index in [9.17, 15) is 0 Å². The highest BCUT2D eigenvalue weighted by atomic mass is 16.5. The van der Waals surface area contributed by atoms with E-state index in [-0.39, 0.29) is 5.41 Å². The van der Waals surface area contributed by atoms with E-state index in [0.717, 1.165) is 12.0 Å². The largest absolute Gasteiger partial charge is 0.478 e. The first kappa shape index (κ1) is 12.5. The Bertz CT molecular complexity index is 357. The number of rotatable bonds is 4. The monoisotopic (exact) mass is 218 g/mol. The van der Waals surface area contributed by atoms with Crippen molar-refractivity contribution in [2.45, 2.75) is 33.6 Å². The van der Waals surface area contributed by atoms with Gasteiger partial charge in [0.25, 0.3) is 0 Å². The number of ether oxygens (including phenoxy) is 1. The van der Waals surface area contributed by atoms with Gasteiger partial charge in [0, 0.05) is 12.3 Å². The average Bonchev–Trinajstić information content (AvgIpc) is 2.19. The molecule has 0 saturated heterocycles. The summed E-state index contributed by atoms with van der Waals surface area (Å²) in [4.78, 5) is 4.14. The Kier molecular flexibility index (Phi) is 4.30. The second-order valence-electron chi connectivity index (χ2n) is 5.00. The van der Waals surface area contributed by atoms with Crippen LogP contribution in [0.15, 0.2) is 18.3 Å². The molecule has 86 valence electrons. The molecule has 0 bridgehead atoms. The van der Waals surface area contributed by atoms with E-state index >= 15 is 0 Å². The third kappa shape index (κ3) is 4.79. The van der Waals surface area contributed by atoms with Crippen LogP contribution in [0.2, 0.25) is 0 Å². The van der Waals surface area contributed by atoms with Gasteiger partial charge in [0.15, 0.2) is 0 Å². The van der Waals surface area contributed by atoms with Gasteiger partial charge in [-0.1, -0.05) is 26.8 Å². The van der Waals surface area contributed by atoms with Crippen LogP contribution in [0.3, 0.4) is 0 Å². The van der Waals surface area contributed by atoms with Gasteiger partial charge in [0.05, 0.1) is 19.1 Å². The van der Waals surface area contributed by atoms with Gasteiger partial charge in [0.2, 0.25) is 5.88 Å². The van der Waals surface area contributed by atoms with E-state index in [1.807, 2.05) is 12.1 Å². The lowest BCUT2D eigenvalue weighted by Gasteiger charge is -2.17. The zero-order valence-corrected chi connectivity index (χ0v) is 10.2. The minimum absolute atomic E-state index is 0.279. The molecular formula is C13H18N2O. The molecule has 0 aliphatic carbocycles. The summed E-state index contributed by atoms with van der Waals surface area (Å²) < 4.78 is 5.52. The predicted octanol–water partition coefficient (Wildman–Crippen LogP) is 2.96. The summed E-state index contributed by atoms with van der Waals surface area (Å²) in [5.74, 6) is 0.630. The van der Waals surface area contributed by atoms with Crippen molar-refractivity contribution in [1.82, 2.24) is 4.98 Å². The van der Waals surface area contributed by atoms with Crippen molar-refractivity contribution in [3.8, 4) is 11.9 Å². The molecule has 0 aliphatic rings. The topological polar surface area (TPSA) is 45.9 Å². The van der Waals surface area contributed by atoms with Gasteiger partial charge in [-0.2, -0.15) is 5.26 Å². The zero-order valence-electron chi connectivity index (χ0n) is 10.2. The van der Waals surface area contributed by atoms with Gasteiger partial charge in [-0.3, -0.25) is 0 Å². The molecule has 0 atom stereocenters. The Morgan fingerprint density at radius 1 is 1.38 bits per heavy atom. The number of hydrogen-bond acceptors (Lipinski definition) is 3. The second kappa shape index (κ2) is 5.50. The van der Waals surface area contributed by atoms with Crippen molar-refractivity contribution in [2.75, 3.05) is 6.61 Å². The molecule has 0 aromatic carbocycles. The lowest BCUT2D eigenvalue weighted by molar-refractivity contribution is 0.236. The molecule has 0 radical (unpaired) electrons. The van der Waals surface area contributed by atoms with Gasteiger partial charge in [-0.15, -0.1) is 0 Å². The zero-order chi connectivity index (χ0) is 12.0. The highest BCUT2D eigenvalue weighted by Gasteiger charge is 2.09. The molecule has 0 N–H and O–H groups in total. The highest BCUT2D eigenvalue weighted by molar-refractivity contribution is 5.20. The van der Waals surface area contributed by atoms with Crippen molar-refractivity contribution in [2.24, 2.45) is 5.41 Å². The Morgan fingerprint density at radius 2 is 2.12 bits per heavy atom. The highest BCUT2D eigenvalue weighted by Crippen LogP contribution is 2.18. The van der Waals surface area contributed by atoms with Crippen LogP contribution in [0.25, 0.3) is 0 Å². The maximum Gasteiger partial charge on any atom is 0.213 e. The maximum absolute atomic E-state index is 8.51. The number of pyridine rings is 1. The van der Waals surface area contributed by atoms with Crippen LogP contribution in [0.1, 0.15) is 32.8 Å². The van der Waals surface area contributed by atoms with Crippen LogP contribution in [-0.4, -0.2) is 11.6 Å². The Morgan fingerprint density at radius 3 is 2.62 bits per heavy atom. The number of hydrogen-bond donors (Lipinski definition) is 0. The summed E-state index contributed by atoms with van der Waals surface area (Å²) in [7, 11) is 0. The summed E-state index contributed by atoms with van der Waals surface area (Å²) >= 11 is 0. The van der Waals surface area contributed by atoms with Crippen LogP contribution >= 0.6 is 0 Å². The van der Waals surface area contributed by atoms with Crippen molar-refractivity contribution in [3.63, 3.8) is 0 Å². The van der Waals surface area contributed by atoms with Gasteiger partial charge < -0.3 is 4.74 Å². The van der Waals surface area contributed by atoms with Crippen LogP contribution in [-0.2, 0) is 6.42 Å². The normalized spacial score (nSPS) is 10.9. The molecule has 3 heteroatoms. The minimum atomic E-state index is 0.279. The molecule has 0 fully saturated rings. The smallest absolute Gasteiger partial charge is 0.213 e. The van der Waals surface area contributed by atoms with Crippen LogP contribution in [0, 0.1) is 16.7 Å². The van der Waals surface area contributed by atoms with E-state index in [1.165, 1.54) is 0 Å². The average molecular weight is 218 g/mol. The van der Waals surface area contributed by atoms with Gasteiger partial charge >= 0.3 is 0 Å². The fraction of sp³-hybridized carbons (Fsp3) is 0.538. The number of nitriles is 1. The Balaban J connectivity index is 2.41. The molecule has 0 saturated carbocycles. The number of nitrogens with zero attached hydrogens (tertiary/aromatic N) is 2. The van der Waals surface area contributed by atoms with E-state index in [2.05, 4.69) is 31.8 Å². The molecule has 16 heavy (non-hydrogen) atoms. The van der Waals surface area contributed by atoms with E-state index in [4.69, 9.17) is 10.00 Å². The fourth-order valence-electron chi connectivity index (χ4n) is 1.15. The van der Waals surface area contributed by atoms with Crippen molar-refractivity contribution < 1.29 is 4.74 Å². The minimum Gasteiger partial charge on any atom is -0.478 e.